The summed E-state index contributed by atoms with van der Waals surface area (Å²) >= 11 is 3.57. The number of para-hydroxylation sites is 1. The molecule has 154 valence electrons. The lowest BCUT2D eigenvalue weighted by atomic mass is 9.86. The van der Waals surface area contributed by atoms with Crippen LogP contribution in [0.25, 0.3) is 10.9 Å². The second-order valence-electron chi connectivity index (χ2n) is 8.15. The third kappa shape index (κ3) is 3.05. The van der Waals surface area contributed by atoms with E-state index in [4.69, 9.17) is 0 Å². The van der Waals surface area contributed by atoms with Crippen LogP contribution in [0.1, 0.15) is 42.6 Å². The number of nitrogens with zero attached hydrogens (tertiary/aromatic N) is 2. The number of benzene rings is 2. The van der Waals surface area contributed by atoms with E-state index in [0.717, 1.165) is 45.0 Å². The van der Waals surface area contributed by atoms with E-state index in [2.05, 4.69) is 40.0 Å². The molecule has 0 saturated carbocycles. The first kappa shape index (κ1) is 19.4. The topological polar surface area (TPSA) is 56.4 Å². The fourth-order valence-electron chi connectivity index (χ4n) is 4.88. The second kappa shape index (κ2) is 7.58. The Balaban J connectivity index is 1.67. The van der Waals surface area contributed by atoms with E-state index >= 15 is 0 Å². The molecule has 1 unspecified atom stereocenters. The van der Waals surface area contributed by atoms with Crippen molar-refractivity contribution in [3.8, 4) is 0 Å². The first-order chi connectivity index (χ1) is 14.6. The first-order valence-electron chi connectivity index (χ1n) is 10.5. The number of rotatable bonds is 4. The normalized spacial score (nSPS) is 21.1. The van der Waals surface area contributed by atoms with Crippen LogP contribution in [0.3, 0.4) is 0 Å². The third-order valence-electron chi connectivity index (χ3n) is 6.29. The molecule has 0 bridgehead atoms. The van der Waals surface area contributed by atoms with Crippen LogP contribution < -0.4 is 0 Å². The van der Waals surface area contributed by atoms with E-state index in [1.54, 1.807) is 4.90 Å². The van der Waals surface area contributed by atoms with Crippen LogP contribution in [0.2, 0.25) is 0 Å². The number of aromatic nitrogens is 1. The quantitative estimate of drug-likeness (QED) is 0.619. The molecule has 0 radical (unpaired) electrons. The maximum atomic E-state index is 13.4. The zero-order valence-corrected chi connectivity index (χ0v) is 18.5. The van der Waals surface area contributed by atoms with Crippen LogP contribution in [0.15, 0.2) is 53.0 Å². The van der Waals surface area contributed by atoms with Crippen molar-refractivity contribution in [2.24, 2.45) is 0 Å². The van der Waals surface area contributed by atoms with E-state index in [0.29, 0.717) is 13.0 Å². The van der Waals surface area contributed by atoms with Crippen molar-refractivity contribution >= 4 is 38.6 Å². The van der Waals surface area contributed by atoms with Gasteiger partial charge in [-0.25, -0.2) is 0 Å². The molecule has 30 heavy (non-hydrogen) atoms. The Morgan fingerprint density at radius 3 is 2.77 bits per heavy atom. The second-order valence-corrected chi connectivity index (χ2v) is 9.07. The highest BCUT2D eigenvalue weighted by molar-refractivity contribution is 9.10. The van der Waals surface area contributed by atoms with Gasteiger partial charge < -0.3 is 14.8 Å². The number of unbranched alkanes of at least 4 members (excludes halogenated alkanes) is 1. The molecule has 5 rings (SSSR count). The maximum absolute atomic E-state index is 13.4. The van der Waals surface area contributed by atoms with Crippen molar-refractivity contribution in [1.82, 2.24) is 14.8 Å². The number of hydrogen-bond acceptors (Lipinski definition) is 2. The summed E-state index contributed by atoms with van der Waals surface area (Å²) < 4.78 is 0.958. The summed E-state index contributed by atoms with van der Waals surface area (Å²) in [6, 6.07) is 15.5. The minimum atomic E-state index is -0.459. The molecule has 6 heteroatoms. The molecular formula is C24H24BrN3O2. The summed E-state index contributed by atoms with van der Waals surface area (Å²) in [4.78, 5) is 33.9. The van der Waals surface area contributed by atoms with Gasteiger partial charge in [0.2, 0.25) is 11.8 Å². The van der Waals surface area contributed by atoms with Gasteiger partial charge in [0.25, 0.3) is 0 Å². The van der Waals surface area contributed by atoms with Gasteiger partial charge in [0.15, 0.2) is 0 Å². The minimum absolute atomic E-state index is 0.0185. The van der Waals surface area contributed by atoms with E-state index in [1.165, 1.54) is 0 Å². The van der Waals surface area contributed by atoms with Gasteiger partial charge >= 0.3 is 0 Å². The number of aromatic amines is 1. The fraction of sp³-hybridized carbons (Fsp3) is 0.333. The Morgan fingerprint density at radius 1 is 1.13 bits per heavy atom. The van der Waals surface area contributed by atoms with Crippen LogP contribution >= 0.6 is 15.9 Å². The molecule has 0 spiro atoms. The van der Waals surface area contributed by atoms with E-state index in [9.17, 15) is 9.59 Å². The number of carbonyl (C=O) groups excluding carboxylic acids is 2. The molecule has 2 aliphatic rings. The van der Waals surface area contributed by atoms with Crippen molar-refractivity contribution < 1.29 is 9.59 Å². The highest BCUT2D eigenvalue weighted by Gasteiger charge is 2.48. The van der Waals surface area contributed by atoms with Crippen LogP contribution in [0.4, 0.5) is 0 Å². The van der Waals surface area contributed by atoms with Gasteiger partial charge in [-0.3, -0.25) is 9.59 Å². The van der Waals surface area contributed by atoms with Crippen LogP contribution in [0.5, 0.6) is 0 Å². The molecule has 1 fully saturated rings. The summed E-state index contributed by atoms with van der Waals surface area (Å²) in [5.41, 5.74) is 4.22. The molecule has 2 aliphatic heterocycles. The van der Waals surface area contributed by atoms with Gasteiger partial charge in [0.1, 0.15) is 6.04 Å². The number of fused-ring (bicyclic) bond motifs is 4. The molecule has 3 heterocycles. The molecule has 5 nitrogen and oxygen atoms in total. The van der Waals surface area contributed by atoms with Crippen molar-refractivity contribution in [1.29, 1.82) is 0 Å². The Kier molecular flexibility index (Phi) is 4.89. The maximum Gasteiger partial charge on any atom is 0.246 e. The molecular weight excluding hydrogens is 442 g/mol. The fourth-order valence-corrected chi connectivity index (χ4v) is 5.30. The minimum Gasteiger partial charge on any atom is -0.356 e. The van der Waals surface area contributed by atoms with Crippen molar-refractivity contribution in [2.45, 2.75) is 38.3 Å². The molecule has 2 aromatic carbocycles. The summed E-state index contributed by atoms with van der Waals surface area (Å²) in [5.74, 6) is 0.0870. The lowest BCUT2D eigenvalue weighted by Crippen LogP contribution is -2.63. The molecule has 1 N–H and O–H groups in total. The van der Waals surface area contributed by atoms with E-state index in [1.807, 2.05) is 41.3 Å². The van der Waals surface area contributed by atoms with Gasteiger partial charge in [-0.1, -0.05) is 59.6 Å². The Bertz CT molecular complexity index is 1140. The average Bonchev–Trinajstić information content (AvgIpc) is 3.12. The lowest BCUT2D eigenvalue weighted by molar-refractivity contribution is -0.158. The molecule has 3 aromatic rings. The van der Waals surface area contributed by atoms with E-state index in [-0.39, 0.29) is 24.4 Å². The number of amides is 2. The predicted molar refractivity (Wildman–Crippen MR) is 120 cm³/mol. The van der Waals surface area contributed by atoms with Gasteiger partial charge in [0, 0.05) is 34.0 Å². The number of H-pyrrole nitrogens is 1. The molecule has 0 aliphatic carbocycles. The van der Waals surface area contributed by atoms with Gasteiger partial charge in [-0.05, 0) is 35.7 Å². The summed E-state index contributed by atoms with van der Waals surface area (Å²) in [6.45, 7) is 2.91. The Hall–Kier alpha value is -2.60. The number of piperazine rings is 1. The van der Waals surface area contributed by atoms with Gasteiger partial charge in [0.05, 0.1) is 12.6 Å². The van der Waals surface area contributed by atoms with Gasteiger partial charge in [-0.2, -0.15) is 0 Å². The molecule has 1 saturated heterocycles. The summed E-state index contributed by atoms with van der Waals surface area (Å²) in [5, 5.41) is 1.14. The van der Waals surface area contributed by atoms with Crippen LogP contribution in [-0.2, 0) is 16.0 Å². The number of halogens is 1. The standard InChI is InChI=1S/C24H24BrN3O2/c1-2-3-11-27-14-21(29)28-20(24(27)30)13-18-17-9-4-5-10-19(17)26-22(18)23(28)15-7-6-8-16(25)12-15/h4-10,12,20,23,26H,2-3,11,13-14H2,1H3/t20-,23?/m0/s1. The third-order valence-corrected chi connectivity index (χ3v) is 6.78. The van der Waals surface area contributed by atoms with Crippen molar-refractivity contribution in [3.05, 3.63) is 69.8 Å². The largest absolute Gasteiger partial charge is 0.356 e. The summed E-state index contributed by atoms with van der Waals surface area (Å²) in [6.07, 6.45) is 2.47. The smallest absolute Gasteiger partial charge is 0.246 e. The Morgan fingerprint density at radius 2 is 1.97 bits per heavy atom. The molecule has 2 amide bonds. The first-order valence-corrected chi connectivity index (χ1v) is 11.3. The highest BCUT2D eigenvalue weighted by Crippen LogP contribution is 2.42. The monoisotopic (exact) mass is 465 g/mol. The zero-order valence-electron chi connectivity index (χ0n) is 16.9. The number of carbonyl (C=O) groups is 2. The lowest BCUT2D eigenvalue weighted by Gasteiger charge is -2.47. The zero-order chi connectivity index (χ0) is 20.8. The van der Waals surface area contributed by atoms with E-state index < -0.39 is 6.04 Å². The molecule has 1 aromatic heterocycles. The summed E-state index contributed by atoms with van der Waals surface area (Å²) in [7, 11) is 0. The SMILES string of the molecule is CCCCN1CC(=O)N2C(c3cccc(Br)c3)c3[nH]c4ccccc4c3C[C@H]2C1=O. The van der Waals surface area contributed by atoms with Crippen LogP contribution in [-0.4, -0.2) is 45.7 Å². The highest BCUT2D eigenvalue weighted by atomic mass is 79.9. The van der Waals surface area contributed by atoms with Gasteiger partial charge in [-0.15, -0.1) is 0 Å². The number of nitrogens with one attached hydrogen (secondary N) is 1. The predicted octanol–water partition coefficient (Wildman–Crippen LogP) is 4.42. The van der Waals surface area contributed by atoms with Crippen molar-refractivity contribution in [2.75, 3.05) is 13.1 Å². The molecule has 2 atom stereocenters. The van der Waals surface area contributed by atoms with Crippen molar-refractivity contribution in [3.63, 3.8) is 0 Å². The van der Waals surface area contributed by atoms with Crippen LogP contribution in [0, 0.1) is 0 Å². The average molecular weight is 466 g/mol. The Labute approximate surface area is 184 Å². The number of hydrogen-bond donors (Lipinski definition) is 1.